The van der Waals surface area contributed by atoms with Gasteiger partial charge in [0, 0.05) is 10.4 Å². The van der Waals surface area contributed by atoms with Gasteiger partial charge in [0.15, 0.2) is 0 Å². The minimum absolute atomic E-state index is 0.702. The van der Waals surface area contributed by atoms with E-state index in [4.69, 9.17) is 16.3 Å². The Morgan fingerprint density at radius 3 is 2.75 bits per heavy atom. The molecule has 0 spiro atoms. The molecule has 0 fully saturated rings. The van der Waals surface area contributed by atoms with Crippen LogP contribution in [0.2, 0.25) is 5.02 Å². The number of benzene rings is 1. The van der Waals surface area contributed by atoms with Gasteiger partial charge in [-0.2, -0.15) is 0 Å². The first kappa shape index (κ1) is 13.9. The number of alkyl halides is 1. The number of hydrogen-bond acceptors (Lipinski definition) is 1. The van der Waals surface area contributed by atoms with Crippen molar-refractivity contribution in [1.29, 1.82) is 0 Å². The third-order valence-corrected chi connectivity index (χ3v) is 3.49. The maximum atomic E-state index is 5.95. The van der Waals surface area contributed by atoms with Gasteiger partial charge in [0.1, 0.15) is 5.75 Å². The van der Waals surface area contributed by atoms with Crippen molar-refractivity contribution in [1.82, 2.24) is 0 Å². The minimum atomic E-state index is 0.702. The van der Waals surface area contributed by atoms with Crippen LogP contribution in [0.15, 0.2) is 18.2 Å². The van der Waals surface area contributed by atoms with Gasteiger partial charge in [-0.15, -0.1) is 0 Å². The van der Waals surface area contributed by atoms with Gasteiger partial charge in [-0.1, -0.05) is 34.5 Å². The summed E-state index contributed by atoms with van der Waals surface area (Å²) in [7, 11) is 0. The molecule has 1 unspecified atom stereocenters. The van der Waals surface area contributed by atoms with E-state index in [0.29, 0.717) is 5.92 Å². The zero-order chi connectivity index (χ0) is 12.0. The highest BCUT2D eigenvalue weighted by Gasteiger charge is 2.02. The Kier molecular flexibility index (Phi) is 6.22. The first-order chi connectivity index (χ1) is 7.63. The lowest BCUT2D eigenvalue weighted by Crippen LogP contribution is -2.04. The maximum Gasteiger partial charge on any atom is 0.119 e. The van der Waals surface area contributed by atoms with Crippen LogP contribution in [-0.4, -0.2) is 11.9 Å². The first-order valence-electron chi connectivity index (χ1n) is 5.58. The third-order valence-electron chi connectivity index (χ3n) is 2.61. The van der Waals surface area contributed by atoms with E-state index in [1.807, 2.05) is 25.1 Å². The lowest BCUT2D eigenvalue weighted by molar-refractivity contribution is 0.282. The summed E-state index contributed by atoms with van der Waals surface area (Å²) in [4.78, 5) is 0. The monoisotopic (exact) mass is 304 g/mol. The molecule has 0 aliphatic heterocycles. The second kappa shape index (κ2) is 7.18. The topological polar surface area (TPSA) is 9.23 Å². The molecule has 3 heteroatoms. The van der Waals surface area contributed by atoms with Gasteiger partial charge in [-0.05, 0) is 49.4 Å². The summed E-state index contributed by atoms with van der Waals surface area (Å²) in [5.74, 6) is 1.61. The Morgan fingerprint density at radius 2 is 2.12 bits per heavy atom. The lowest BCUT2D eigenvalue weighted by Gasteiger charge is -2.11. The Morgan fingerprint density at radius 1 is 1.38 bits per heavy atom. The van der Waals surface area contributed by atoms with Gasteiger partial charge < -0.3 is 4.74 Å². The minimum Gasteiger partial charge on any atom is -0.494 e. The molecule has 0 aliphatic carbocycles. The van der Waals surface area contributed by atoms with Crippen LogP contribution in [0.4, 0.5) is 0 Å². The van der Waals surface area contributed by atoms with E-state index in [-0.39, 0.29) is 0 Å². The SMILES string of the molecule is Cc1cc(OCCC(C)CCBr)ccc1Cl. The van der Waals surface area contributed by atoms with Crippen molar-refractivity contribution in [3.8, 4) is 5.75 Å². The fraction of sp³-hybridized carbons (Fsp3) is 0.538. The molecule has 0 N–H and O–H groups in total. The highest BCUT2D eigenvalue weighted by Crippen LogP contribution is 2.21. The Labute approximate surface area is 111 Å². The van der Waals surface area contributed by atoms with Crippen LogP contribution in [-0.2, 0) is 0 Å². The molecule has 1 rings (SSSR count). The summed E-state index contributed by atoms with van der Waals surface area (Å²) in [5, 5.41) is 1.86. The first-order valence-corrected chi connectivity index (χ1v) is 7.08. The van der Waals surface area contributed by atoms with E-state index in [2.05, 4.69) is 22.9 Å². The summed E-state index contributed by atoms with van der Waals surface area (Å²) in [6, 6.07) is 5.79. The molecular weight excluding hydrogens is 287 g/mol. The van der Waals surface area contributed by atoms with Crippen LogP contribution in [0, 0.1) is 12.8 Å². The molecule has 1 aromatic carbocycles. The molecule has 0 amide bonds. The number of aryl methyl sites for hydroxylation is 1. The molecule has 0 aromatic heterocycles. The van der Waals surface area contributed by atoms with Crippen LogP contribution in [0.3, 0.4) is 0 Å². The zero-order valence-electron chi connectivity index (χ0n) is 9.80. The summed E-state index contributed by atoms with van der Waals surface area (Å²) < 4.78 is 5.68. The Bertz CT molecular complexity index is 328. The van der Waals surface area contributed by atoms with Crippen molar-refractivity contribution >= 4 is 27.5 Å². The average Bonchev–Trinajstić information content (AvgIpc) is 2.24. The Balaban J connectivity index is 2.34. The van der Waals surface area contributed by atoms with Crippen molar-refractivity contribution in [3.05, 3.63) is 28.8 Å². The van der Waals surface area contributed by atoms with E-state index < -0.39 is 0 Å². The Hall–Kier alpha value is -0.210. The van der Waals surface area contributed by atoms with Gasteiger partial charge in [-0.25, -0.2) is 0 Å². The highest BCUT2D eigenvalue weighted by molar-refractivity contribution is 9.09. The van der Waals surface area contributed by atoms with E-state index in [1.54, 1.807) is 0 Å². The molecule has 1 nitrogen and oxygen atoms in total. The summed E-state index contributed by atoms with van der Waals surface area (Å²) in [6.45, 7) is 5.01. The molecule has 1 atom stereocenters. The van der Waals surface area contributed by atoms with Crippen molar-refractivity contribution < 1.29 is 4.74 Å². The van der Waals surface area contributed by atoms with Crippen LogP contribution in [0.25, 0.3) is 0 Å². The van der Waals surface area contributed by atoms with Crippen molar-refractivity contribution in [2.24, 2.45) is 5.92 Å². The molecule has 16 heavy (non-hydrogen) atoms. The average molecular weight is 306 g/mol. The number of rotatable bonds is 6. The van der Waals surface area contributed by atoms with Crippen molar-refractivity contribution in [2.45, 2.75) is 26.7 Å². The van der Waals surface area contributed by atoms with E-state index in [0.717, 1.165) is 34.7 Å². The van der Waals surface area contributed by atoms with Gasteiger partial charge in [0.2, 0.25) is 0 Å². The number of halogens is 2. The summed E-state index contributed by atoms with van der Waals surface area (Å²) in [6.07, 6.45) is 2.29. The molecular formula is C13H18BrClO. The van der Waals surface area contributed by atoms with Crippen LogP contribution in [0.5, 0.6) is 5.75 Å². The smallest absolute Gasteiger partial charge is 0.119 e. The highest BCUT2D eigenvalue weighted by atomic mass is 79.9. The number of ether oxygens (including phenoxy) is 1. The van der Waals surface area contributed by atoms with Crippen molar-refractivity contribution in [3.63, 3.8) is 0 Å². The molecule has 90 valence electrons. The maximum absolute atomic E-state index is 5.95. The quantitative estimate of drug-likeness (QED) is 0.683. The standard InChI is InChI=1S/C13H18BrClO/c1-10(5-7-14)6-8-16-12-3-4-13(15)11(2)9-12/h3-4,9-10H,5-8H2,1-2H3. The molecule has 1 aromatic rings. The summed E-state index contributed by atoms with van der Waals surface area (Å²) in [5.41, 5.74) is 1.06. The van der Waals surface area contributed by atoms with Crippen LogP contribution >= 0.6 is 27.5 Å². The van der Waals surface area contributed by atoms with Crippen LogP contribution in [0.1, 0.15) is 25.3 Å². The van der Waals surface area contributed by atoms with Gasteiger partial charge in [-0.3, -0.25) is 0 Å². The van der Waals surface area contributed by atoms with E-state index in [1.165, 1.54) is 6.42 Å². The molecule has 0 saturated carbocycles. The fourth-order valence-corrected chi connectivity index (χ4v) is 2.31. The van der Waals surface area contributed by atoms with E-state index >= 15 is 0 Å². The normalized spacial score (nSPS) is 12.5. The predicted octanol–water partition coefficient (Wildman–Crippen LogP) is 4.84. The predicted molar refractivity (Wildman–Crippen MR) is 73.9 cm³/mol. The second-order valence-corrected chi connectivity index (χ2v) is 5.33. The molecule has 0 saturated heterocycles. The zero-order valence-corrected chi connectivity index (χ0v) is 12.1. The lowest BCUT2D eigenvalue weighted by atomic mass is 10.1. The van der Waals surface area contributed by atoms with Crippen LogP contribution < -0.4 is 4.74 Å². The number of hydrogen-bond donors (Lipinski definition) is 0. The van der Waals surface area contributed by atoms with Gasteiger partial charge >= 0.3 is 0 Å². The molecule has 0 bridgehead atoms. The van der Waals surface area contributed by atoms with E-state index in [9.17, 15) is 0 Å². The van der Waals surface area contributed by atoms with Crippen molar-refractivity contribution in [2.75, 3.05) is 11.9 Å². The van der Waals surface area contributed by atoms with Gasteiger partial charge in [0.05, 0.1) is 6.61 Å². The summed E-state index contributed by atoms with van der Waals surface area (Å²) >= 11 is 9.39. The molecule has 0 heterocycles. The van der Waals surface area contributed by atoms with Gasteiger partial charge in [0.25, 0.3) is 0 Å². The fourth-order valence-electron chi connectivity index (χ4n) is 1.42. The largest absolute Gasteiger partial charge is 0.494 e. The molecule has 0 radical (unpaired) electrons. The second-order valence-electron chi connectivity index (χ2n) is 4.13. The third kappa shape index (κ3) is 4.75. The molecule has 0 aliphatic rings.